The number of likely N-dealkylation sites (tertiary alicyclic amines) is 1. The highest BCUT2D eigenvalue weighted by atomic mass is 19.3. The maximum atomic E-state index is 13.7. The number of nitrogens with one attached hydrogen (secondary N) is 3. The van der Waals surface area contributed by atoms with Crippen LogP contribution in [0.2, 0.25) is 0 Å². The monoisotopic (exact) mass is 674 g/mol. The van der Waals surface area contributed by atoms with Crippen LogP contribution >= 0.6 is 0 Å². The zero-order chi connectivity index (χ0) is 34.7. The number of aromatic nitrogens is 2. The molecule has 2 aromatic heterocycles. The van der Waals surface area contributed by atoms with Crippen molar-refractivity contribution in [3.63, 3.8) is 0 Å². The molecule has 1 aliphatic heterocycles. The number of halogens is 4. The van der Waals surface area contributed by atoms with E-state index in [-0.39, 0.29) is 46.4 Å². The molecule has 3 aromatic rings. The Morgan fingerprint density at radius 3 is 2.38 bits per heavy atom. The molecule has 3 heterocycles. The lowest BCUT2D eigenvalue weighted by Crippen LogP contribution is -2.58. The Labute approximate surface area is 274 Å². The maximum Gasteiger partial charge on any atom is 0.387 e. The molecule has 0 radical (unpaired) electrons. The maximum absolute atomic E-state index is 13.7. The molecule has 1 aromatic carbocycles. The minimum Gasteiger partial charge on any atom is -0.435 e. The zero-order valence-electron chi connectivity index (χ0n) is 27.0. The van der Waals surface area contributed by atoms with Gasteiger partial charge in [-0.15, -0.1) is 0 Å². The first kappa shape index (κ1) is 34.8. The van der Waals surface area contributed by atoms with E-state index in [9.17, 15) is 31.9 Å². The lowest BCUT2D eigenvalue weighted by Gasteiger charge is -2.39. The molecular weight excluding hydrogens is 636 g/mol. The van der Waals surface area contributed by atoms with E-state index in [2.05, 4.69) is 25.7 Å². The topological polar surface area (TPSA) is 127 Å². The van der Waals surface area contributed by atoms with E-state index in [0.29, 0.717) is 24.5 Å². The Kier molecular flexibility index (Phi) is 10.4. The fourth-order valence-corrected chi connectivity index (χ4v) is 5.30. The fraction of sp³-hybridized carbons (Fsp3) is 0.455. The summed E-state index contributed by atoms with van der Waals surface area (Å²) >= 11 is 0. The van der Waals surface area contributed by atoms with Gasteiger partial charge in [0, 0.05) is 38.5 Å². The van der Waals surface area contributed by atoms with E-state index < -0.39 is 43.0 Å². The average Bonchev–Trinajstić information content (AvgIpc) is 3.84. The van der Waals surface area contributed by atoms with Crippen LogP contribution in [0.15, 0.2) is 47.4 Å². The van der Waals surface area contributed by atoms with Crippen LogP contribution in [0.3, 0.4) is 0 Å². The third-order valence-electron chi connectivity index (χ3n) is 7.84. The number of benzene rings is 1. The molecular formula is C33H38F4N6O5. The van der Waals surface area contributed by atoms with E-state index in [0.717, 1.165) is 29.4 Å². The van der Waals surface area contributed by atoms with E-state index >= 15 is 0 Å². The lowest BCUT2D eigenvalue weighted by molar-refractivity contribution is -0.113. The van der Waals surface area contributed by atoms with Crippen molar-refractivity contribution in [2.24, 2.45) is 0 Å². The normalized spacial score (nSPS) is 16.1. The predicted octanol–water partition coefficient (Wildman–Crippen LogP) is 5.13. The summed E-state index contributed by atoms with van der Waals surface area (Å²) in [7, 11) is 1.61. The Morgan fingerprint density at radius 2 is 1.75 bits per heavy atom. The number of methoxy groups -OCH3 is 1. The highest BCUT2D eigenvalue weighted by molar-refractivity contribution is 6.05. The van der Waals surface area contributed by atoms with Crippen LogP contribution in [0.1, 0.15) is 65.9 Å². The van der Waals surface area contributed by atoms with Gasteiger partial charge in [-0.05, 0) is 86.7 Å². The van der Waals surface area contributed by atoms with Crippen molar-refractivity contribution in [3.05, 3.63) is 69.6 Å². The van der Waals surface area contributed by atoms with E-state index in [1.165, 1.54) is 24.3 Å². The number of alkyl halides is 4. The number of ether oxygens (including phenoxy) is 2. The molecule has 2 amide bonds. The fourth-order valence-electron chi connectivity index (χ4n) is 5.30. The van der Waals surface area contributed by atoms with Gasteiger partial charge in [0.2, 0.25) is 0 Å². The molecule has 1 atom stereocenters. The summed E-state index contributed by atoms with van der Waals surface area (Å²) in [6.07, 6.45) is 3.36. The summed E-state index contributed by atoms with van der Waals surface area (Å²) in [6, 6.07) is 8.10. The number of rotatable bonds is 14. The number of hydrogen-bond donors (Lipinski definition) is 3. The molecule has 0 unspecified atom stereocenters. The highest BCUT2D eigenvalue weighted by Crippen LogP contribution is 2.36. The standard InChI is InChI=1S/C33H38F4N6O5/c1-18(2)39-27-10-21(24-8-7-23(48-32(34)35)12-25(24)30(45)42-16-33(36,37)17-42)11-28(40-27)41-29(44)26-9-20(14-38-13-19(3)47-4)15-43(31(26)46)22-5-6-22/h7-12,15,18-19,22,32,38H,5-6,13-14,16-17H2,1-4H3,(H2,39,40,41,44)/t19-/m0/s1. The molecule has 2 aliphatic rings. The molecule has 1 aliphatic carbocycles. The number of amides is 2. The van der Waals surface area contributed by atoms with Gasteiger partial charge in [0.05, 0.1) is 24.8 Å². The van der Waals surface area contributed by atoms with Gasteiger partial charge in [0.25, 0.3) is 23.3 Å². The number of pyridine rings is 2. The molecule has 0 bridgehead atoms. The van der Waals surface area contributed by atoms with Gasteiger partial charge in [-0.1, -0.05) is 0 Å². The number of carbonyl (C=O) groups is 2. The van der Waals surface area contributed by atoms with Crippen molar-refractivity contribution in [1.82, 2.24) is 19.8 Å². The SMILES string of the molecule is CO[C@@H](C)CNCc1cc(C(=O)Nc2cc(-c3ccc(OC(F)F)cc3C(=O)N3CC(F)(F)C3)cc(NC(C)C)n2)c(=O)n(C2CC2)c1. The molecule has 0 spiro atoms. The molecule has 11 nitrogen and oxygen atoms in total. The first-order valence-electron chi connectivity index (χ1n) is 15.6. The Hall–Kier alpha value is -4.50. The lowest BCUT2D eigenvalue weighted by atomic mass is 9.97. The van der Waals surface area contributed by atoms with Gasteiger partial charge < -0.3 is 34.9 Å². The number of carbonyl (C=O) groups excluding carboxylic acids is 2. The molecule has 5 rings (SSSR count). The van der Waals surface area contributed by atoms with Crippen molar-refractivity contribution >= 4 is 23.5 Å². The van der Waals surface area contributed by atoms with Crippen molar-refractivity contribution < 1.29 is 36.6 Å². The molecule has 3 N–H and O–H groups in total. The van der Waals surface area contributed by atoms with Gasteiger partial charge >= 0.3 is 6.61 Å². The molecule has 2 fully saturated rings. The molecule has 1 saturated carbocycles. The minimum absolute atomic E-state index is 0.00420. The van der Waals surface area contributed by atoms with Crippen LogP contribution < -0.4 is 26.2 Å². The summed E-state index contributed by atoms with van der Waals surface area (Å²) in [5.41, 5.74) is 0.561. The summed E-state index contributed by atoms with van der Waals surface area (Å²) in [4.78, 5) is 45.8. The first-order chi connectivity index (χ1) is 22.7. The third-order valence-corrected chi connectivity index (χ3v) is 7.84. The van der Waals surface area contributed by atoms with Crippen molar-refractivity contribution in [1.29, 1.82) is 0 Å². The van der Waals surface area contributed by atoms with E-state index in [1.54, 1.807) is 23.9 Å². The second-order valence-electron chi connectivity index (χ2n) is 12.4. The van der Waals surface area contributed by atoms with Gasteiger partial charge in [-0.2, -0.15) is 8.78 Å². The molecule has 48 heavy (non-hydrogen) atoms. The zero-order valence-corrected chi connectivity index (χ0v) is 27.0. The summed E-state index contributed by atoms with van der Waals surface area (Å²) in [5.74, 6) is -4.57. The summed E-state index contributed by atoms with van der Waals surface area (Å²) in [6.45, 7) is 1.76. The highest BCUT2D eigenvalue weighted by Gasteiger charge is 2.46. The third kappa shape index (κ3) is 8.50. The van der Waals surface area contributed by atoms with Crippen molar-refractivity contribution in [2.75, 3.05) is 37.4 Å². The van der Waals surface area contributed by atoms with Crippen LogP contribution in [0.4, 0.5) is 29.2 Å². The van der Waals surface area contributed by atoms with Crippen LogP contribution in [0.25, 0.3) is 11.1 Å². The smallest absolute Gasteiger partial charge is 0.387 e. The van der Waals surface area contributed by atoms with E-state index in [1.807, 2.05) is 20.8 Å². The van der Waals surface area contributed by atoms with Gasteiger partial charge in [0.15, 0.2) is 0 Å². The van der Waals surface area contributed by atoms with Crippen molar-refractivity contribution in [3.8, 4) is 16.9 Å². The van der Waals surface area contributed by atoms with Crippen LogP contribution in [-0.4, -0.2) is 77.7 Å². The van der Waals surface area contributed by atoms with Crippen LogP contribution in [0, 0.1) is 0 Å². The van der Waals surface area contributed by atoms with Gasteiger partial charge in [-0.25, -0.2) is 13.8 Å². The summed E-state index contributed by atoms with van der Waals surface area (Å²) in [5, 5.41) is 9.09. The summed E-state index contributed by atoms with van der Waals surface area (Å²) < 4.78 is 64.7. The van der Waals surface area contributed by atoms with E-state index in [4.69, 9.17) is 4.74 Å². The molecule has 1 saturated heterocycles. The number of nitrogens with zero attached hydrogens (tertiary/aromatic N) is 3. The Balaban J connectivity index is 1.50. The van der Waals surface area contributed by atoms with Crippen LogP contribution in [0.5, 0.6) is 5.75 Å². The Morgan fingerprint density at radius 1 is 1.04 bits per heavy atom. The average molecular weight is 675 g/mol. The number of hydrogen-bond acceptors (Lipinski definition) is 8. The largest absolute Gasteiger partial charge is 0.435 e. The van der Waals surface area contributed by atoms with Gasteiger partial charge in [0.1, 0.15) is 22.9 Å². The second kappa shape index (κ2) is 14.3. The number of anilines is 2. The first-order valence-corrected chi connectivity index (χ1v) is 15.6. The van der Waals surface area contributed by atoms with Gasteiger partial charge in [-0.3, -0.25) is 14.4 Å². The van der Waals surface area contributed by atoms with Crippen molar-refractivity contribution in [2.45, 2.75) is 70.9 Å². The predicted molar refractivity (Wildman–Crippen MR) is 171 cm³/mol. The quantitative estimate of drug-likeness (QED) is 0.201. The van der Waals surface area contributed by atoms with Crippen LogP contribution in [-0.2, 0) is 11.3 Å². The molecule has 15 heteroatoms. The minimum atomic E-state index is -3.18. The second-order valence-corrected chi connectivity index (χ2v) is 12.4. The molecule has 258 valence electrons. The Bertz CT molecular complexity index is 1720.